The molecule has 0 saturated heterocycles. The minimum atomic E-state index is -0.657. The lowest BCUT2D eigenvalue weighted by molar-refractivity contribution is -0.128. The fourth-order valence-electron chi connectivity index (χ4n) is 2.58. The molecule has 0 bridgehead atoms. The zero-order chi connectivity index (χ0) is 18.2. The van der Waals surface area contributed by atoms with E-state index in [-0.39, 0.29) is 18.3 Å². The van der Waals surface area contributed by atoms with Crippen molar-refractivity contribution in [1.29, 1.82) is 0 Å². The number of nitrogens with zero attached hydrogens (tertiary/aromatic N) is 4. The minimum absolute atomic E-state index is 0.0442. The van der Waals surface area contributed by atoms with Gasteiger partial charge >= 0.3 is 0 Å². The number of hydrogen-bond acceptors (Lipinski definition) is 6. The van der Waals surface area contributed by atoms with Crippen LogP contribution >= 0.6 is 27.3 Å². The van der Waals surface area contributed by atoms with Gasteiger partial charge < -0.3 is 5.73 Å². The highest BCUT2D eigenvalue weighted by molar-refractivity contribution is 9.10. The molecule has 0 spiro atoms. The van der Waals surface area contributed by atoms with Crippen LogP contribution < -0.4 is 5.73 Å². The second-order valence-corrected chi connectivity index (χ2v) is 7.57. The molecule has 6 nitrogen and oxygen atoms in total. The van der Waals surface area contributed by atoms with Crippen LogP contribution in [0, 0.1) is 11.8 Å². The van der Waals surface area contributed by atoms with Gasteiger partial charge in [0.2, 0.25) is 5.91 Å². The molecule has 1 aliphatic rings. The van der Waals surface area contributed by atoms with Gasteiger partial charge in [-0.25, -0.2) is 4.99 Å². The van der Waals surface area contributed by atoms with E-state index >= 15 is 0 Å². The standard InChI is InChI=1S/C17H16BrN5OS/c1-4-5-12-15(18)11(8-20-22-12)10-6-13(25-9-10)17(2)7-14(24)23(3)16(19)21-17/h6,8-9H,7H2,1-3H3,(H2,19,21)/t17-/m0/s1. The molecular weight excluding hydrogens is 402 g/mol. The second kappa shape index (κ2) is 6.58. The van der Waals surface area contributed by atoms with Gasteiger partial charge in [-0.1, -0.05) is 5.92 Å². The van der Waals surface area contributed by atoms with Crippen LogP contribution in [0.15, 0.2) is 27.1 Å². The normalized spacial score (nSPS) is 20.1. The monoisotopic (exact) mass is 417 g/mol. The Morgan fingerprint density at radius 2 is 2.24 bits per heavy atom. The Labute approximate surface area is 158 Å². The van der Waals surface area contributed by atoms with Crippen molar-refractivity contribution in [3.05, 3.63) is 32.7 Å². The predicted molar refractivity (Wildman–Crippen MR) is 102 cm³/mol. The number of rotatable bonds is 2. The molecular formula is C17H16BrN5OS. The van der Waals surface area contributed by atoms with E-state index in [4.69, 9.17) is 5.73 Å². The maximum Gasteiger partial charge on any atom is 0.231 e. The van der Waals surface area contributed by atoms with Crippen molar-refractivity contribution in [2.45, 2.75) is 25.8 Å². The summed E-state index contributed by atoms with van der Waals surface area (Å²) in [5.74, 6) is 5.94. The van der Waals surface area contributed by atoms with Crippen LogP contribution in [0.25, 0.3) is 11.1 Å². The average Bonchev–Trinajstić information content (AvgIpc) is 3.05. The fraction of sp³-hybridized carbons (Fsp3) is 0.294. The summed E-state index contributed by atoms with van der Waals surface area (Å²) in [7, 11) is 1.64. The SMILES string of the molecule is CC#Cc1nncc(-c2csc([C@]3(C)CC(=O)N(C)C(N)=N3)c2)c1Br. The van der Waals surface area contributed by atoms with E-state index in [0.717, 1.165) is 20.5 Å². The Bertz CT molecular complexity index is 942. The zero-order valence-corrected chi connectivity index (χ0v) is 16.4. The Kier molecular flexibility index (Phi) is 4.62. The van der Waals surface area contributed by atoms with Crippen molar-refractivity contribution in [3.8, 4) is 23.0 Å². The number of amides is 1. The van der Waals surface area contributed by atoms with Gasteiger partial charge in [0.1, 0.15) is 5.54 Å². The molecule has 0 saturated carbocycles. The van der Waals surface area contributed by atoms with E-state index in [2.05, 4.69) is 43.0 Å². The van der Waals surface area contributed by atoms with Gasteiger partial charge in [0.25, 0.3) is 0 Å². The molecule has 2 aromatic rings. The summed E-state index contributed by atoms with van der Waals surface area (Å²) in [6.07, 6.45) is 1.98. The minimum Gasteiger partial charge on any atom is -0.369 e. The number of aromatic nitrogens is 2. The number of carbonyl (C=O) groups is 1. The van der Waals surface area contributed by atoms with E-state index in [9.17, 15) is 4.79 Å². The van der Waals surface area contributed by atoms with Crippen LogP contribution in [-0.2, 0) is 10.3 Å². The number of nitrogens with two attached hydrogens (primary N) is 1. The lowest BCUT2D eigenvalue weighted by Gasteiger charge is -2.32. The van der Waals surface area contributed by atoms with Gasteiger partial charge in [0.15, 0.2) is 11.7 Å². The third kappa shape index (κ3) is 3.17. The lowest BCUT2D eigenvalue weighted by Crippen LogP contribution is -2.47. The molecule has 1 amide bonds. The lowest BCUT2D eigenvalue weighted by atomic mass is 9.93. The quantitative estimate of drug-likeness (QED) is 0.761. The first kappa shape index (κ1) is 17.6. The van der Waals surface area contributed by atoms with Gasteiger partial charge in [-0.2, -0.15) is 5.10 Å². The summed E-state index contributed by atoms with van der Waals surface area (Å²) in [6, 6.07) is 2.02. The summed E-state index contributed by atoms with van der Waals surface area (Å²) in [5.41, 5.74) is 7.70. The van der Waals surface area contributed by atoms with Crippen molar-refractivity contribution >= 4 is 39.1 Å². The van der Waals surface area contributed by atoms with E-state index in [1.54, 1.807) is 31.5 Å². The third-order valence-corrected chi connectivity index (χ3v) is 6.03. The Balaban J connectivity index is 2.03. The predicted octanol–water partition coefficient (Wildman–Crippen LogP) is 2.73. The Morgan fingerprint density at radius 3 is 2.92 bits per heavy atom. The van der Waals surface area contributed by atoms with Crippen LogP contribution in [0.1, 0.15) is 30.8 Å². The van der Waals surface area contributed by atoms with Crippen LogP contribution in [-0.4, -0.2) is 34.0 Å². The molecule has 8 heteroatoms. The summed E-state index contributed by atoms with van der Waals surface area (Å²) in [5, 5.41) is 10.1. The molecule has 25 heavy (non-hydrogen) atoms. The molecule has 128 valence electrons. The molecule has 2 aromatic heterocycles. The Morgan fingerprint density at radius 1 is 1.48 bits per heavy atom. The number of hydrogen-bond donors (Lipinski definition) is 1. The van der Waals surface area contributed by atoms with E-state index in [1.807, 2.05) is 18.4 Å². The highest BCUT2D eigenvalue weighted by Crippen LogP contribution is 2.40. The number of guanidine groups is 1. The molecule has 0 fully saturated rings. The fourth-order valence-corrected chi connectivity index (χ4v) is 4.11. The first-order chi connectivity index (χ1) is 11.9. The summed E-state index contributed by atoms with van der Waals surface area (Å²) in [6.45, 7) is 3.68. The topological polar surface area (TPSA) is 84.5 Å². The van der Waals surface area contributed by atoms with Gasteiger partial charge in [-0.05, 0) is 52.7 Å². The van der Waals surface area contributed by atoms with Crippen molar-refractivity contribution < 1.29 is 4.79 Å². The largest absolute Gasteiger partial charge is 0.369 e. The molecule has 2 N–H and O–H groups in total. The number of halogens is 1. The zero-order valence-electron chi connectivity index (χ0n) is 14.0. The summed E-state index contributed by atoms with van der Waals surface area (Å²) < 4.78 is 0.800. The van der Waals surface area contributed by atoms with Crippen molar-refractivity contribution in [3.63, 3.8) is 0 Å². The van der Waals surface area contributed by atoms with Gasteiger partial charge in [-0.15, -0.1) is 16.4 Å². The molecule has 1 aliphatic heterocycles. The molecule has 0 aliphatic carbocycles. The average molecular weight is 418 g/mol. The summed E-state index contributed by atoms with van der Waals surface area (Å²) >= 11 is 5.10. The first-order valence-electron chi connectivity index (χ1n) is 7.51. The van der Waals surface area contributed by atoms with Crippen molar-refractivity contribution in [2.75, 3.05) is 7.05 Å². The van der Waals surface area contributed by atoms with Gasteiger partial charge in [0.05, 0.1) is 17.1 Å². The van der Waals surface area contributed by atoms with Crippen LogP contribution in [0.2, 0.25) is 0 Å². The van der Waals surface area contributed by atoms with Crippen molar-refractivity contribution in [1.82, 2.24) is 15.1 Å². The first-order valence-corrected chi connectivity index (χ1v) is 9.18. The summed E-state index contributed by atoms with van der Waals surface area (Å²) in [4.78, 5) is 19.1. The van der Waals surface area contributed by atoms with E-state index in [0.29, 0.717) is 5.69 Å². The van der Waals surface area contributed by atoms with Gasteiger partial charge in [-0.3, -0.25) is 9.69 Å². The van der Waals surface area contributed by atoms with Crippen LogP contribution in [0.5, 0.6) is 0 Å². The van der Waals surface area contributed by atoms with Crippen LogP contribution in [0.3, 0.4) is 0 Å². The van der Waals surface area contributed by atoms with Crippen molar-refractivity contribution in [2.24, 2.45) is 10.7 Å². The van der Waals surface area contributed by atoms with E-state index < -0.39 is 5.54 Å². The molecule has 0 radical (unpaired) electrons. The van der Waals surface area contributed by atoms with Crippen LogP contribution in [0.4, 0.5) is 0 Å². The molecule has 0 aromatic carbocycles. The maximum absolute atomic E-state index is 12.2. The smallest absolute Gasteiger partial charge is 0.231 e. The molecule has 3 heterocycles. The highest BCUT2D eigenvalue weighted by Gasteiger charge is 2.37. The van der Waals surface area contributed by atoms with Gasteiger partial charge in [0, 0.05) is 17.5 Å². The highest BCUT2D eigenvalue weighted by atomic mass is 79.9. The van der Waals surface area contributed by atoms with E-state index in [1.165, 1.54) is 4.90 Å². The number of aliphatic imine (C=N–C) groups is 1. The number of carbonyl (C=O) groups excluding carboxylic acids is 1. The maximum atomic E-state index is 12.2. The Hall–Kier alpha value is -2.24. The molecule has 3 rings (SSSR count). The molecule has 1 atom stereocenters. The molecule has 0 unspecified atom stereocenters. The second-order valence-electron chi connectivity index (χ2n) is 5.87. The third-order valence-electron chi connectivity index (χ3n) is 4.05. The number of thiophene rings is 1.